The molecular formula is C11H13Cl2NO. The van der Waals surface area contributed by atoms with Crippen LogP contribution in [0.4, 0.5) is 0 Å². The average Bonchev–Trinajstić information content (AvgIpc) is 2.65. The summed E-state index contributed by atoms with van der Waals surface area (Å²) in [6, 6.07) is 3.76. The number of hydrogen-bond donors (Lipinski definition) is 1. The summed E-state index contributed by atoms with van der Waals surface area (Å²) in [7, 11) is 0. The Kier molecular flexibility index (Phi) is 3.39. The first-order chi connectivity index (χ1) is 7.24. The van der Waals surface area contributed by atoms with Crippen LogP contribution in [0.2, 0.25) is 10.0 Å². The predicted octanol–water partition coefficient (Wildman–Crippen LogP) is 3.43. The number of ether oxygens (including phenoxy) is 1. The van der Waals surface area contributed by atoms with E-state index < -0.39 is 0 Å². The molecule has 1 atom stereocenters. The van der Waals surface area contributed by atoms with Crippen LogP contribution in [0.1, 0.15) is 24.9 Å². The molecular weight excluding hydrogens is 233 g/mol. The number of rotatable bonds is 3. The summed E-state index contributed by atoms with van der Waals surface area (Å²) < 4.78 is 5.54. The van der Waals surface area contributed by atoms with Crippen LogP contribution in [-0.2, 0) is 0 Å². The van der Waals surface area contributed by atoms with Gasteiger partial charge >= 0.3 is 0 Å². The Morgan fingerprint density at radius 1 is 1.40 bits per heavy atom. The average molecular weight is 246 g/mol. The maximum atomic E-state index is 6.14. The SMILES string of the molecule is CCCNC1COc2c(Cl)ccc(Cl)c21. The Bertz CT molecular complexity index is 368. The van der Waals surface area contributed by atoms with E-state index in [4.69, 9.17) is 27.9 Å². The maximum Gasteiger partial charge on any atom is 0.144 e. The summed E-state index contributed by atoms with van der Waals surface area (Å²) in [6.45, 7) is 3.69. The molecule has 0 spiro atoms. The normalized spacial score (nSPS) is 18.7. The molecule has 4 heteroatoms. The number of halogens is 2. The van der Waals surface area contributed by atoms with E-state index in [1.807, 2.05) is 6.07 Å². The van der Waals surface area contributed by atoms with Crippen LogP contribution in [0.3, 0.4) is 0 Å². The molecule has 1 aliphatic heterocycles. The summed E-state index contributed by atoms with van der Waals surface area (Å²) in [5.41, 5.74) is 0.998. The molecule has 0 saturated carbocycles. The first-order valence-electron chi connectivity index (χ1n) is 5.08. The second-order valence-electron chi connectivity index (χ2n) is 3.59. The Morgan fingerprint density at radius 3 is 2.87 bits per heavy atom. The van der Waals surface area contributed by atoms with Crippen LogP contribution in [-0.4, -0.2) is 13.2 Å². The number of hydrogen-bond acceptors (Lipinski definition) is 2. The van der Waals surface area contributed by atoms with E-state index in [9.17, 15) is 0 Å². The molecule has 82 valence electrons. The fourth-order valence-corrected chi connectivity index (χ4v) is 2.25. The highest BCUT2D eigenvalue weighted by molar-refractivity contribution is 6.35. The highest BCUT2D eigenvalue weighted by Gasteiger charge is 2.28. The molecule has 1 heterocycles. The third kappa shape index (κ3) is 2.07. The van der Waals surface area contributed by atoms with Crippen molar-refractivity contribution >= 4 is 23.2 Å². The fourth-order valence-electron chi connectivity index (χ4n) is 1.75. The van der Waals surface area contributed by atoms with E-state index in [0.717, 1.165) is 29.3 Å². The van der Waals surface area contributed by atoms with Crippen LogP contribution in [0, 0.1) is 0 Å². The van der Waals surface area contributed by atoms with Gasteiger partial charge in [0.25, 0.3) is 0 Å². The highest BCUT2D eigenvalue weighted by atomic mass is 35.5. The second kappa shape index (κ2) is 4.60. The van der Waals surface area contributed by atoms with Crippen LogP contribution < -0.4 is 10.1 Å². The standard InChI is InChI=1S/C11H13Cl2NO/c1-2-5-14-9-6-15-11-8(13)4-3-7(12)10(9)11/h3-4,9,14H,2,5-6H2,1H3. The van der Waals surface area contributed by atoms with E-state index in [0.29, 0.717) is 11.6 Å². The number of nitrogens with one attached hydrogen (secondary N) is 1. The van der Waals surface area contributed by atoms with Crippen LogP contribution in [0.15, 0.2) is 12.1 Å². The second-order valence-corrected chi connectivity index (χ2v) is 4.40. The van der Waals surface area contributed by atoms with Gasteiger partial charge in [-0.05, 0) is 25.1 Å². The van der Waals surface area contributed by atoms with Crippen molar-refractivity contribution in [3.63, 3.8) is 0 Å². The van der Waals surface area contributed by atoms with Gasteiger partial charge in [0.2, 0.25) is 0 Å². The summed E-state index contributed by atoms with van der Waals surface area (Å²) in [5.74, 6) is 0.734. The van der Waals surface area contributed by atoms with Gasteiger partial charge in [-0.25, -0.2) is 0 Å². The lowest BCUT2D eigenvalue weighted by Crippen LogP contribution is -2.23. The minimum Gasteiger partial charge on any atom is -0.490 e. The van der Waals surface area contributed by atoms with Gasteiger partial charge in [-0.3, -0.25) is 0 Å². The van der Waals surface area contributed by atoms with E-state index in [-0.39, 0.29) is 6.04 Å². The first-order valence-corrected chi connectivity index (χ1v) is 5.83. The van der Waals surface area contributed by atoms with Crippen molar-refractivity contribution in [2.24, 2.45) is 0 Å². The molecule has 0 amide bonds. The molecule has 1 aromatic carbocycles. The Labute approximate surface area is 99.5 Å². The molecule has 0 fully saturated rings. The van der Waals surface area contributed by atoms with Gasteiger partial charge in [0.05, 0.1) is 11.1 Å². The van der Waals surface area contributed by atoms with Gasteiger partial charge in [0.15, 0.2) is 0 Å². The lowest BCUT2D eigenvalue weighted by Gasteiger charge is -2.11. The molecule has 0 aromatic heterocycles. The molecule has 1 N–H and O–H groups in total. The first kappa shape index (κ1) is 11.1. The van der Waals surface area contributed by atoms with Crippen molar-refractivity contribution in [1.29, 1.82) is 0 Å². The minimum absolute atomic E-state index is 0.172. The van der Waals surface area contributed by atoms with Gasteiger partial charge in [0, 0.05) is 10.6 Å². The van der Waals surface area contributed by atoms with Gasteiger partial charge in [0.1, 0.15) is 12.4 Å². The van der Waals surface area contributed by atoms with E-state index in [1.165, 1.54) is 0 Å². The molecule has 0 saturated heterocycles. The van der Waals surface area contributed by atoms with Crippen molar-refractivity contribution in [2.45, 2.75) is 19.4 Å². The molecule has 2 rings (SSSR count). The lowest BCUT2D eigenvalue weighted by molar-refractivity contribution is 0.311. The molecule has 15 heavy (non-hydrogen) atoms. The summed E-state index contributed by atoms with van der Waals surface area (Å²) in [6.07, 6.45) is 1.09. The maximum absolute atomic E-state index is 6.14. The van der Waals surface area contributed by atoms with Crippen LogP contribution >= 0.6 is 23.2 Å². The lowest BCUT2D eigenvalue weighted by atomic mass is 10.1. The summed E-state index contributed by atoms with van der Waals surface area (Å²) in [5, 5.41) is 4.74. The van der Waals surface area contributed by atoms with E-state index in [2.05, 4.69) is 12.2 Å². The van der Waals surface area contributed by atoms with Gasteiger partial charge in [-0.1, -0.05) is 30.1 Å². The molecule has 1 aromatic rings. The minimum atomic E-state index is 0.172. The molecule has 2 nitrogen and oxygen atoms in total. The largest absolute Gasteiger partial charge is 0.490 e. The topological polar surface area (TPSA) is 21.3 Å². The number of benzene rings is 1. The molecule has 1 aliphatic rings. The predicted molar refractivity (Wildman–Crippen MR) is 63.0 cm³/mol. The third-order valence-electron chi connectivity index (χ3n) is 2.48. The van der Waals surface area contributed by atoms with Gasteiger partial charge in [-0.2, -0.15) is 0 Å². The Morgan fingerprint density at radius 2 is 2.13 bits per heavy atom. The van der Waals surface area contributed by atoms with Crippen LogP contribution in [0.5, 0.6) is 5.75 Å². The van der Waals surface area contributed by atoms with Crippen molar-refractivity contribution in [3.8, 4) is 5.75 Å². The van der Waals surface area contributed by atoms with E-state index >= 15 is 0 Å². The fraction of sp³-hybridized carbons (Fsp3) is 0.455. The van der Waals surface area contributed by atoms with Gasteiger partial charge in [-0.15, -0.1) is 0 Å². The molecule has 0 bridgehead atoms. The highest BCUT2D eigenvalue weighted by Crippen LogP contribution is 2.42. The number of fused-ring (bicyclic) bond motifs is 1. The van der Waals surface area contributed by atoms with Crippen LogP contribution in [0.25, 0.3) is 0 Å². The van der Waals surface area contributed by atoms with E-state index in [1.54, 1.807) is 6.07 Å². The zero-order valence-corrected chi connectivity index (χ0v) is 10.0. The molecule has 0 aliphatic carbocycles. The third-order valence-corrected chi connectivity index (χ3v) is 3.11. The summed E-state index contributed by atoms with van der Waals surface area (Å²) >= 11 is 12.2. The van der Waals surface area contributed by atoms with Crippen molar-refractivity contribution in [3.05, 3.63) is 27.7 Å². The quantitative estimate of drug-likeness (QED) is 0.882. The smallest absolute Gasteiger partial charge is 0.144 e. The Balaban J connectivity index is 2.28. The molecule has 0 radical (unpaired) electrons. The summed E-state index contributed by atoms with van der Waals surface area (Å²) in [4.78, 5) is 0. The van der Waals surface area contributed by atoms with Crippen molar-refractivity contribution in [2.75, 3.05) is 13.2 Å². The van der Waals surface area contributed by atoms with Crippen molar-refractivity contribution in [1.82, 2.24) is 5.32 Å². The monoisotopic (exact) mass is 245 g/mol. The van der Waals surface area contributed by atoms with Crippen molar-refractivity contribution < 1.29 is 4.74 Å². The zero-order valence-electron chi connectivity index (χ0n) is 8.52. The zero-order chi connectivity index (χ0) is 10.8. The van der Waals surface area contributed by atoms with Gasteiger partial charge < -0.3 is 10.1 Å². The molecule has 1 unspecified atom stereocenters. The Hall–Kier alpha value is -0.440.